The Morgan fingerprint density at radius 3 is 2.80 bits per heavy atom. The van der Waals surface area contributed by atoms with Crippen LogP contribution in [0.15, 0.2) is 47.2 Å². The van der Waals surface area contributed by atoms with Crippen LogP contribution in [0.3, 0.4) is 0 Å². The Hall–Kier alpha value is -2.80. The van der Waals surface area contributed by atoms with Crippen molar-refractivity contribution in [1.82, 2.24) is 10.3 Å². The molecule has 3 rings (SSSR count). The summed E-state index contributed by atoms with van der Waals surface area (Å²) in [5.41, 5.74) is 0.868. The third-order valence-corrected chi connectivity index (χ3v) is 4.73. The molecule has 0 fully saturated rings. The third-order valence-electron chi connectivity index (χ3n) is 3.72. The maximum atomic E-state index is 12.5. The molecule has 0 unspecified atom stereocenters. The van der Waals surface area contributed by atoms with Gasteiger partial charge in [0.25, 0.3) is 5.91 Å². The molecule has 6 nitrogen and oxygen atoms in total. The minimum Gasteiger partial charge on any atom is -0.497 e. The summed E-state index contributed by atoms with van der Waals surface area (Å²) in [5.74, 6) is 1.81. The topological polar surface area (TPSA) is 73.6 Å². The summed E-state index contributed by atoms with van der Waals surface area (Å²) < 4.78 is 15.9. The van der Waals surface area contributed by atoms with E-state index in [1.54, 1.807) is 38.8 Å². The lowest BCUT2D eigenvalue weighted by Crippen LogP contribution is -2.26. The number of thiazole rings is 1. The van der Waals surface area contributed by atoms with E-state index in [4.69, 9.17) is 13.9 Å². The first kappa shape index (κ1) is 17.0. The SMILES string of the molecule is COc1ccc([C@H](C)NC(=O)c2cnc(-c3ccco3)s2)c(OC)c1. The minimum absolute atomic E-state index is 0.194. The van der Waals surface area contributed by atoms with Crippen LogP contribution in [0, 0.1) is 0 Å². The Balaban J connectivity index is 1.75. The van der Waals surface area contributed by atoms with Crippen LogP contribution in [0.4, 0.5) is 0 Å². The van der Waals surface area contributed by atoms with Crippen LogP contribution >= 0.6 is 11.3 Å². The number of nitrogens with zero attached hydrogens (tertiary/aromatic N) is 1. The van der Waals surface area contributed by atoms with E-state index in [0.717, 1.165) is 5.56 Å². The normalized spacial score (nSPS) is 11.8. The highest BCUT2D eigenvalue weighted by molar-refractivity contribution is 7.16. The average Bonchev–Trinajstić information content (AvgIpc) is 3.32. The van der Waals surface area contributed by atoms with Crippen molar-refractivity contribution in [1.29, 1.82) is 0 Å². The predicted molar refractivity (Wildman–Crippen MR) is 95.2 cm³/mol. The van der Waals surface area contributed by atoms with E-state index in [2.05, 4.69) is 10.3 Å². The Morgan fingerprint density at radius 1 is 1.28 bits per heavy atom. The molecule has 25 heavy (non-hydrogen) atoms. The van der Waals surface area contributed by atoms with Gasteiger partial charge in [-0.05, 0) is 31.2 Å². The van der Waals surface area contributed by atoms with Gasteiger partial charge in [-0.2, -0.15) is 0 Å². The van der Waals surface area contributed by atoms with Crippen molar-refractivity contribution in [2.75, 3.05) is 14.2 Å². The second-order valence-corrected chi connectivity index (χ2v) is 6.34. The van der Waals surface area contributed by atoms with Gasteiger partial charge in [-0.25, -0.2) is 4.98 Å². The molecular formula is C18H18N2O4S. The Kier molecular flexibility index (Phi) is 5.04. The Bertz CT molecular complexity index is 858. The van der Waals surface area contributed by atoms with Crippen LogP contribution in [-0.4, -0.2) is 25.1 Å². The van der Waals surface area contributed by atoms with Crippen LogP contribution < -0.4 is 14.8 Å². The number of furan rings is 1. The summed E-state index contributed by atoms with van der Waals surface area (Å²) in [4.78, 5) is 17.3. The largest absolute Gasteiger partial charge is 0.497 e. The van der Waals surface area contributed by atoms with E-state index in [9.17, 15) is 4.79 Å². The summed E-state index contributed by atoms with van der Waals surface area (Å²) in [6.45, 7) is 1.90. The highest BCUT2D eigenvalue weighted by atomic mass is 32.1. The number of ether oxygens (including phenoxy) is 2. The molecule has 1 aromatic carbocycles. The molecule has 0 spiro atoms. The van der Waals surface area contributed by atoms with Crippen molar-refractivity contribution >= 4 is 17.2 Å². The first-order valence-electron chi connectivity index (χ1n) is 7.65. The van der Waals surface area contributed by atoms with Gasteiger partial charge in [-0.15, -0.1) is 11.3 Å². The fraction of sp³-hybridized carbons (Fsp3) is 0.222. The number of aromatic nitrogens is 1. The van der Waals surface area contributed by atoms with Crippen molar-refractivity contribution in [3.63, 3.8) is 0 Å². The van der Waals surface area contributed by atoms with E-state index >= 15 is 0 Å². The first-order valence-corrected chi connectivity index (χ1v) is 8.46. The molecule has 0 saturated carbocycles. The molecule has 2 heterocycles. The van der Waals surface area contributed by atoms with Gasteiger partial charge in [0.1, 0.15) is 16.4 Å². The number of carbonyl (C=O) groups is 1. The van der Waals surface area contributed by atoms with E-state index < -0.39 is 0 Å². The molecule has 130 valence electrons. The van der Waals surface area contributed by atoms with Crippen molar-refractivity contribution in [2.45, 2.75) is 13.0 Å². The molecule has 7 heteroatoms. The van der Waals surface area contributed by atoms with Gasteiger partial charge in [0, 0.05) is 11.6 Å². The fourth-order valence-electron chi connectivity index (χ4n) is 2.41. The molecule has 0 aliphatic rings. The summed E-state index contributed by atoms with van der Waals surface area (Å²) in [6, 6.07) is 8.87. The first-order chi connectivity index (χ1) is 12.1. The molecule has 1 amide bonds. The molecule has 3 aromatic rings. The van der Waals surface area contributed by atoms with Crippen LogP contribution in [-0.2, 0) is 0 Å². The van der Waals surface area contributed by atoms with E-state index in [-0.39, 0.29) is 11.9 Å². The lowest BCUT2D eigenvalue weighted by molar-refractivity contribution is 0.0943. The number of nitrogens with one attached hydrogen (secondary N) is 1. The standard InChI is InChI=1S/C18H18N2O4S/c1-11(13-7-6-12(22-2)9-15(13)23-3)20-17(21)16-10-19-18(25-16)14-5-4-8-24-14/h4-11H,1-3H3,(H,20,21)/t11-/m0/s1. The molecule has 0 aliphatic heterocycles. The van der Waals surface area contributed by atoms with E-state index in [0.29, 0.717) is 27.1 Å². The maximum Gasteiger partial charge on any atom is 0.263 e. The highest BCUT2D eigenvalue weighted by Gasteiger charge is 2.18. The van der Waals surface area contributed by atoms with Gasteiger partial charge < -0.3 is 19.2 Å². The number of amides is 1. The number of methoxy groups -OCH3 is 2. The lowest BCUT2D eigenvalue weighted by atomic mass is 10.1. The quantitative estimate of drug-likeness (QED) is 0.723. The molecule has 2 aromatic heterocycles. The third kappa shape index (κ3) is 3.66. The van der Waals surface area contributed by atoms with Crippen LogP contribution in [0.1, 0.15) is 28.2 Å². The van der Waals surface area contributed by atoms with E-state index in [1.807, 2.05) is 25.1 Å². The zero-order valence-electron chi connectivity index (χ0n) is 14.1. The second kappa shape index (κ2) is 7.40. The van der Waals surface area contributed by atoms with Crippen molar-refractivity contribution in [3.05, 3.63) is 53.2 Å². The molecule has 0 radical (unpaired) electrons. The van der Waals surface area contributed by atoms with Crippen molar-refractivity contribution in [2.24, 2.45) is 0 Å². The number of benzene rings is 1. The fourth-order valence-corrected chi connectivity index (χ4v) is 3.20. The van der Waals surface area contributed by atoms with Gasteiger partial charge in [-0.1, -0.05) is 0 Å². The number of rotatable bonds is 6. The summed E-state index contributed by atoms with van der Waals surface area (Å²) in [5, 5.41) is 3.63. The molecular weight excluding hydrogens is 340 g/mol. The predicted octanol–water partition coefficient (Wildman–Crippen LogP) is 3.91. The minimum atomic E-state index is -0.234. The van der Waals surface area contributed by atoms with Gasteiger partial charge in [-0.3, -0.25) is 4.79 Å². The summed E-state index contributed by atoms with van der Waals surface area (Å²) in [6.07, 6.45) is 3.13. The molecule has 1 N–H and O–H groups in total. The van der Waals surface area contributed by atoms with Gasteiger partial charge in [0.15, 0.2) is 10.8 Å². The van der Waals surface area contributed by atoms with Crippen molar-refractivity contribution in [3.8, 4) is 22.3 Å². The summed E-state index contributed by atoms with van der Waals surface area (Å²) in [7, 11) is 3.19. The summed E-state index contributed by atoms with van der Waals surface area (Å²) >= 11 is 1.28. The van der Waals surface area contributed by atoms with Gasteiger partial charge in [0.05, 0.1) is 32.7 Å². The number of carbonyl (C=O) groups excluding carboxylic acids is 1. The van der Waals surface area contributed by atoms with Crippen LogP contribution in [0.2, 0.25) is 0 Å². The van der Waals surface area contributed by atoms with Gasteiger partial charge in [0.2, 0.25) is 0 Å². The smallest absolute Gasteiger partial charge is 0.263 e. The van der Waals surface area contributed by atoms with Crippen molar-refractivity contribution < 1.29 is 18.7 Å². The molecule has 1 atom stereocenters. The van der Waals surface area contributed by atoms with Gasteiger partial charge >= 0.3 is 0 Å². The maximum absolute atomic E-state index is 12.5. The number of hydrogen-bond donors (Lipinski definition) is 1. The molecule has 0 saturated heterocycles. The molecule has 0 bridgehead atoms. The Morgan fingerprint density at radius 2 is 2.12 bits per heavy atom. The monoisotopic (exact) mass is 358 g/mol. The second-order valence-electron chi connectivity index (χ2n) is 5.31. The van der Waals surface area contributed by atoms with E-state index in [1.165, 1.54) is 11.3 Å². The number of hydrogen-bond acceptors (Lipinski definition) is 6. The van der Waals surface area contributed by atoms with Crippen LogP contribution in [0.25, 0.3) is 10.8 Å². The average molecular weight is 358 g/mol. The highest BCUT2D eigenvalue weighted by Crippen LogP contribution is 2.30. The zero-order valence-corrected chi connectivity index (χ0v) is 14.9. The Labute approximate surface area is 149 Å². The van der Waals surface area contributed by atoms with Crippen LogP contribution in [0.5, 0.6) is 11.5 Å². The lowest BCUT2D eigenvalue weighted by Gasteiger charge is -2.17. The zero-order chi connectivity index (χ0) is 17.8. The molecule has 0 aliphatic carbocycles.